The highest BCUT2D eigenvalue weighted by atomic mass is 32.2. The summed E-state index contributed by atoms with van der Waals surface area (Å²) in [5.41, 5.74) is 7.00. The van der Waals surface area contributed by atoms with Gasteiger partial charge in [0.2, 0.25) is 0 Å². The van der Waals surface area contributed by atoms with Crippen LogP contribution in [0.4, 0.5) is 5.69 Å². The molecule has 0 radical (unpaired) electrons. The monoisotopic (exact) mass is 195 g/mol. The topological polar surface area (TPSA) is 43.1 Å². The van der Waals surface area contributed by atoms with Crippen molar-refractivity contribution in [1.29, 1.82) is 0 Å². The molecule has 1 rings (SSSR count). The lowest BCUT2D eigenvalue weighted by Gasteiger charge is -2.07. The van der Waals surface area contributed by atoms with E-state index in [1.54, 1.807) is 17.8 Å². The second kappa shape index (κ2) is 4.33. The fourth-order valence-electron chi connectivity index (χ4n) is 1.19. The van der Waals surface area contributed by atoms with Crippen molar-refractivity contribution in [1.82, 2.24) is 0 Å². The van der Waals surface area contributed by atoms with Crippen LogP contribution >= 0.6 is 11.8 Å². The minimum atomic E-state index is 0.113. The van der Waals surface area contributed by atoms with E-state index >= 15 is 0 Å². The predicted molar refractivity (Wildman–Crippen MR) is 57.3 cm³/mol. The van der Waals surface area contributed by atoms with Gasteiger partial charge in [-0.15, -0.1) is 11.8 Å². The lowest BCUT2D eigenvalue weighted by molar-refractivity contribution is 0.0986. The molecule has 1 aromatic carbocycles. The second-order valence-electron chi connectivity index (χ2n) is 2.70. The predicted octanol–water partition coefficient (Wildman–Crippen LogP) is 2.58. The number of carbonyl (C=O) groups is 1. The summed E-state index contributed by atoms with van der Waals surface area (Å²) in [6.07, 6.45) is 2.45. The first-order valence-corrected chi connectivity index (χ1v) is 5.38. The second-order valence-corrected chi connectivity index (χ2v) is 3.55. The Hall–Kier alpha value is -0.960. The molecule has 2 N–H and O–H groups in total. The van der Waals surface area contributed by atoms with Crippen LogP contribution in [0.15, 0.2) is 23.1 Å². The first-order chi connectivity index (χ1) is 6.20. The van der Waals surface area contributed by atoms with Gasteiger partial charge < -0.3 is 5.73 Å². The van der Waals surface area contributed by atoms with Gasteiger partial charge in [-0.1, -0.05) is 13.0 Å². The zero-order chi connectivity index (χ0) is 9.84. The quantitative estimate of drug-likeness (QED) is 0.458. The maximum Gasteiger partial charge on any atom is 0.165 e. The van der Waals surface area contributed by atoms with Crippen LogP contribution in [-0.4, -0.2) is 12.0 Å². The lowest BCUT2D eigenvalue weighted by atomic mass is 10.1. The number of thioether (sulfide) groups is 1. The molecule has 13 heavy (non-hydrogen) atoms. The molecule has 0 saturated carbocycles. The number of benzene rings is 1. The van der Waals surface area contributed by atoms with E-state index in [-0.39, 0.29) is 5.78 Å². The van der Waals surface area contributed by atoms with Gasteiger partial charge in [-0.25, -0.2) is 0 Å². The molecule has 0 aliphatic carbocycles. The van der Waals surface area contributed by atoms with E-state index in [2.05, 4.69) is 0 Å². The SMILES string of the molecule is CCC(=O)c1c(N)cccc1SC. The van der Waals surface area contributed by atoms with Crippen molar-refractivity contribution in [3.63, 3.8) is 0 Å². The average Bonchev–Trinajstić information content (AvgIpc) is 2.16. The first-order valence-electron chi connectivity index (χ1n) is 4.16. The number of rotatable bonds is 3. The van der Waals surface area contributed by atoms with Crippen LogP contribution in [-0.2, 0) is 0 Å². The number of anilines is 1. The number of nitrogens with two attached hydrogens (primary N) is 1. The molecule has 0 fully saturated rings. The van der Waals surface area contributed by atoms with Crippen LogP contribution in [0.25, 0.3) is 0 Å². The van der Waals surface area contributed by atoms with Crippen molar-refractivity contribution < 1.29 is 4.79 Å². The first kappa shape index (κ1) is 10.1. The number of carbonyl (C=O) groups excluding carboxylic acids is 1. The third-order valence-electron chi connectivity index (χ3n) is 1.88. The highest BCUT2D eigenvalue weighted by Crippen LogP contribution is 2.26. The van der Waals surface area contributed by atoms with E-state index in [1.165, 1.54) is 0 Å². The molecule has 0 saturated heterocycles. The van der Waals surface area contributed by atoms with E-state index in [4.69, 9.17) is 5.73 Å². The third-order valence-corrected chi connectivity index (χ3v) is 2.66. The Morgan fingerprint density at radius 3 is 2.77 bits per heavy atom. The smallest absolute Gasteiger partial charge is 0.165 e. The fourth-order valence-corrected chi connectivity index (χ4v) is 1.84. The van der Waals surface area contributed by atoms with Gasteiger partial charge in [-0.05, 0) is 18.4 Å². The van der Waals surface area contributed by atoms with Gasteiger partial charge in [0.1, 0.15) is 0 Å². The van der Waals surface area contributed by atoms with Crippen molar-refractivity contribution in [3.05, 3.63) is 23.8 Å². The number of nitrogen functional groups attached to an aromatic ring is 1. The van der Waals surface area contributed by atoms with Crippen molar-refractivity contribution in [2.75, 3.05) is 12.0 Å². The van der Waals surface area contributed by atoms with E-state index in [1.807, 2.05) is 25.3 Å². The Morgan fingerprint density at radius 2 is 2.23 bits per heavy atom. The van der Waals surface area contributed by atoms with E-state index in [0.717, 1.165) is 4.90 Å². The van der Waals surface area contributed by atoms with Crippen molar-refractivity contribution in [2.24, 2.45) is 0 Å². The summed E-state index contributed by atoms with van der Waals surface area (Å²) >= 11 is 1.55. The maximum absolute atomic E-state index is 11.5. The normalized spacial score (nSPS) is 10.0. The Morgan fingerprint density at radius 1 is 1.54 bits per heavy atom. The molecule has 0 unspecified atom stereocenters. The van der Waals surface area contributed by atoms with Crippen molar-refractivity contribution in [3.8, 4) is 0 Å². The van der Waals surface area contributed by atoms with Gasteiger partial charge in [-0.3, -0.25) is 4.79 Å². The van der Waals surface area contributed by atoms with Crippen LogP contribution < -0.4 is 5.73 Å². The summed E-state index contributed by atoms with van der Waals surface area (Å²) in [6, 6.07) is 5.56. The van der Waals surface area contributed by atoms with Crippen LogP contribution in [0.3, 0.4) is 0 Å². The Labute approximate surface area is 82.5 Å². The molecule has 0 bridgehead atoms. The van der Waals surface area contributed by atoms with E-state index in [9.17, 15) is 4.79 Å². The molecule has 0 spiro atoms. The summed E-state index contributed by atoms with van der Waals surface area (Å²) < 4.78 is 0. The Bertz CT molecular complexity index is 323. The van der Waals surface area contributed by atoms with Crippen LogP contribution in [0, 0.1) is 0 Å². The number of hydrogen-bond donors (Lipinski definition) is 1. The molecular weight excluding hydrogens is 182 g/mol. The maximum atomic E-state index is 11.5. The summed E-state index contributed by atoms with van der Waals surface area (Å²) in [6.45, 7) is 1.85. The summed E-state index contributed by atoms with van der Waals surface area (Å²) in [4.78, 5) is 12.5. The van der Waals surface area contributed by atoms with Crippen LogP contribution in [0.2, 0.25) is 0 Å². The van der Waals surface area contributed by atoms with Crippen LogP contribution in [0.1, 0.15) is 23.7 Å². The highest BCUT2D eigenvalue weighted by Gasteiger charge is 2.11. The number of ketones is 1. The molecule has 0 heterocycles. The highest BCUT2D eigenvalue weighted by molar-refractivity contribution is 7.98. The molecule has 3 heteroatoms. The number of hydrogen-bond acceptors (Lipinski definition) is 3. The van der Waals surface area contributed by atoms with Gasteiger partial charge in [0, 0.05) is 17.0 Å². The zero-order valence-corrected chi connectivity index (χ0v) is 8.65. The summed E-state index contributed by atoms with van der Waals surface area (Å²) in [5.74, 6) is 0.113. The molecular formula is C10H13NOS. The molecule has 0 aliphatic heterocycles. The minimum absolute atomic E-state index is 0.113. The molecule has 0 aliphatic rings. The zero-order valence-electron chi connectivity index (χ0n) is 7.83. The van der Waals surface area contributed by atoms with E-state index < -0.39 is 0 Å². The molecule has 0 aromatic heterocycles. The van der Waals surface area contributed by atoms with Gasteiger partial charge in [0.15, 0.2) is 5.78 Å². The van der Waals surface area contributed by atoms with Crippen LogP contribution in [0.5, 0.6) is 0 Å². The van der Waals surface area contributed by atoms with Crippen molar-refractivity contribution in [2.45, 2.75) is 18.2 Å². The third kappa shape index (κ3) is 2.04. The molecule has 0 atom stereocenters. The fraction of sp³-hybridized carbons (Fsp3) is 0.300. The van der Waals surface area contributed by atoms with Gasteiger partial charge in [-0.2, -0.15) is 0 Å². The Kier molecular flexibility index (Phi) is 3.37. The average molecular weight is 195 g/mol. The van der Waals surface area contributed by atoms with Gasteiger partial charge >= 0.3 is 0 Å². The molecule has 2 nitrogen and oxygen atoms in total. The largest absolute Gasteiger partial charge is 0.398 e. The van der Waals surface area contributed by atoms with Gasteiger partial charge in [0.05, 0.1) is 5.56 Å². The lowest BCUT2D eigenvalue weighted by Crippen LogP contribution is -2.03. The number of Topliss-reactive ketones (excluding diaryl/α,β-unsaturated/α-hetero) is 1. The molecule has 70 valence electrons. The Balaban J connectivity index is 3.22. The summed E-state index contributed by atoms with van der Waals surface area (Å²) in [5, 5.41) is 0. The summed E-state index contributed by atoms with van der Waals surface area (Å²) in [7, 11) is 0. The van der Waals surface area contributed by atoms with Gasteiger partial charge in [0.25, 0.3) is 0 Å². The van der Waals surface area contributed by atoms with Crippen molar-refractivity contribution >= 4 is 23.2 Å². The van der Waals surface area contributed by atoms with E-state index in [0.29, 0.717) is 17.7 Å². The minimum Gasteiger partial charge on any atom is -0.398 e. The molecule has 1 aromatic rings. The standard InChI is InChI=1S/C10H13NOS/c1-3-8(12)10-7(11)5-4-6-9(10)13-2/h4-6H,3,11H2,1-2H3. The molecule has 0 amide bonds.